The molecule has 2 N–H and O–H groups in total. The first-order valence-corrected chi connectivity index (χ1v) is 11.5. The average Bonchev–Trinajstić information content (AvgIpc) is 2.84. The monoisotopic (exact) mass is 515 g/mol. The van der Waals surface area contributed by atoms with Gasteiger partial charge in [0.05, 0.1) is 35.1 Å². The van der Waals surface area contributed by atoms with Crippen molar-refractivity contribution >= 4 is 52.2 Å². The summed E-state index contributed by atoms with van der Waals surface area (Å²) in [5, 5.41) is 16.3. The number of non-ortho nitro benzene ring substituents is 1. The fourth-order valence-corrected chi connectivity index (χ4v) is 4.23. The average molecular weight is 516 g/mol. The van der Waals surface area contributed by atoms with Crippen LogP contribution in [0.3, 0.4) is 0 Å². The number of amides is 2. The Morgan fingerprint density at radius 1 is 1.00 bits per heavy atom. The molecule has 11 heteroatoms. The van der Waals surface area contributed by atoms with Crippen molar-refractivity contribution in [2.45, 2.75) is 17.1 Å². The Morgan fingerprint density at radius 3 is 2.40 bits per heavy atom. The van der Waals surface area contributed by atoms with Crippen LogP contribution < -0.4 is 20.1 Å². The van der Waals surface area contributed by atoms with Gasteiger partial charge in [-0.2, -0.15) is 0 Å². The number of nitrogens with zero attached hydrogens (tertiary/aromatic N) is 1. The smallest absolute Gasteiger partial charge is 0.270 e. The van der Waals surface area contributed by atoms with Crippen molar-refractivity contribution < 1.29 is 24.0 Å². The molecule has 0 aliphatic heterocycles. The second-order valence-electron chi connectivity index (χ2n) is 7.23. The lowest BCUT2D eigenvalue weighted by atomic mass is 10.2. The van der Waals surface area contributed by atoms with Crippen molar-refractivity contribution in [1.29, 1.82) is 0 Å². The molecular formula is C24H22ClN3O6S. The number of nitrogens with one attached hydrogen (secondary N) is 2. The van der Waals surface area contributed by atoms with Crippen LogP contribution in [0.25, 0.3) is 0 Å². The number of anilines is 2. The van der Waals surface area contributed by atoms with Gasteiger partial charge in [-0.1, -0.05) is 23.7 Å². The topological polar surface area (TPSA) is 120 Å². The summed E-state index contributed by atoms with van der Waals surface area (Å²) in [7, 11) is 2.96. The zero-order chi connectivity index (χ0) is 25.5. The molecule has 0 aliphatic rings. The lowest BCUT2D eigenvalue weighted by Gasteiger charge is -2.16. The molecule has 0 radical (unpaired) electrons. The van der Waals surface area contributed by atoms with Gasteiger partial charge in [-0.15, -0.1) is 11.8 Å². The molecule has 1 atom stereocenters. The minimum atomic E-state index is -0.560. The highest BCUT2D eigenvalue weighted by atomic mass is 35.5. The van der Waals surface area contributed by atoms with E-state index >= 15 is 0 Å². The highest BCUT2D eigenvalue weighted by Gasteiger charge is 2.19. The van der Waals surface area contributed by atoms with Crippen LogP contribution in [-0.4, -0.2) is 36.2 Å². The molecule has 35 heavy (non-hydrogen) atoms. The van der Waals surface area contributed by atoms with Crippen LogP contribution in [0.4, 0.5) is 17.1 Å². The van der Waals surface area contributed by atoms with Gasteiger partial charge < -0.3 is 20.1 Å². The van der Waals surface area contributed by atoms with E-state index < -0.39 is 16.1 Å². The molecule has 0 heterocycles. The van der Waals surface area contributed by atoms with Crippen molar-refractivity contribution in [3.63, 3.8) is 0 Å². The van der Waals surface area contributed by atoms with Crippen LogP contribution in [0.15, 0.2) is 65.6 Å². The first-order chi connectivity index (χ1) is 16.7. The number of rotatable bonds is 9. The summed E-state index contributed by atoms with van der Waals surface area (Å²) in [6.45, 7) is 1.74. The fraction of sp³-hybridized carbons (Fsp3) is 0.167. The molecule has 1 unspecified atom stereocenters. The van der Waals surface area contributed by atoms with Crippen LogP contribution in [0, 0.1) is 10.1 Å². The number of hydrogen-bond acceptors (Lipinski definition) is 7. The predicted octanol–water partition coefficient (Wildman–Crippen LogP) is 5.64. The van der Waals surface area contributed by atoms with Crippen molar-refractivity contribution in [3.05, 3.63) is 81.4 Å². The summed E-state index contributed by atoms with van der Waals surface area (Å²) < 4.78 is 10.5. The minimum Gasteiger partial charge on any atom is -0.495 e. The first kappa shape index (κ1) is 25.9. The molecule has 182 valence electrons. The van der Waals surface area contributed by atoms with Crippen LogP contribution in [0.1, 0.15) is 17.3 Å². The zero-order valence-electron chi connectivity index (χ0n) is 19.0. The molecule has 0 bridgehead atoms. The molecule has 0 spiro atoms. The molecule has 0 saturated heterocycles. The van der Waals surface area contributed by atoms with Crippen LogP contribution in [-0.2, 0) is 4.79 Å². The van der Waals surface area contributed by atoms with Crippen LogP contribution >= 0.6 is 23.4 Å². The Morgan fingerprint density at radius 2 is 1.71 bits per heavy atom. The van der Waals surface area contributed by atoms with Crippen molar-refractivity contribution in [2.75, 3.05) is 24.9 Å². The maximum Gasteiger partial charge on any atom is 0.270 e. The Bertz CT molecular complexity index is 1270. The second-order valence-corrected chi connectivity index (χ2v) is 9.05. The molecular weight excluding hydrogens is 494 g/mol. The minimum absolute atomic E-state index is 0.164. The summed E-state index contributed by atoms with van der Waals surface area (Å²) in [6, 6.07) is 15.6. The summed E-state index contributed by atoms with van der Waals surface area (Å²) in [6.07, 6.45) is 0. The maximum atomic E-state index is 12.8. The van der Waals surface area contributed by atoms with Gasteiger partial charge in [0, 0.05) is 34.3 Å². The van der Waals surface area contributed by atoms with Gasteiger partial charge in [0.2, 0.25) is 5.91 Å². The Kier molecular flexibility index (Phi) is 8.56. The number of nitro benzene ring substituents is 1. The quantitative estimate of drug-likeness (QED) is 0.215. The molecule has 3 rings (SSSR count). The number of thioether (sulfide) groups is 1. The second kappa shape index (κ2) is 11.6. The van der Waals surface area contributed by atoms with Crippen LogP contribution in [0.2, 0.25) is 5.02 Å². The van der Waals surface area contributed by atoms with E-state index in [4.69, 9.17) is 21.1 Å². The number of halogens is 1. The molecule has 3 aromatic carbocycles. The molecule has 0 fully saturated rings. The third-order valence-corrected chi connectivity index (χ3v) is 6.21. The van der Waals surface area contributed by atoms with E-state index in [-0.39, 0.29) is 17.2 Å². The first-order valence-electron chi connectivity index (χ1n) is 10.3. The largest absolute Gasteiger partial charge is 0.495 e. The molecule has 0 aromatic heterocycles. The zero-order valence-corrected chi connectivity index (χ0v) is 20.6. The van der Waals surface area contributed by atoms with E-state index in [0.29, 0.717) is 27.9 Å². The number of methoxy groups -OCH3 is 2. The molecule has 0 saturated carbocycles. The normalized spacial score (nSPS) is 11.3. The van der Waals surface area contributed by atoms with Gasteiger partial charge >= 0.3 is 0 Å². The molecule has 2 amide bonds. The van der Waals surface area contributed by atoms with Gasteiger partial charge in [0.15, 0.2) is 0 Å². The number of carbonyl (C=O) groups excluding carboxylic acids is 2. The van der Waals surface area contributed by atoms with E-state index in [2.05, 4.69) is 10.6 Å². The Hall–Kier alpha value is -3.76. The van der Waals surface area contributed by atoms with Crippen molar-refractivity contribution in [3.8, 4) is 11.5 Å². The fourth-order valence-electron chi connectivity index (χ4n) is 3.06. The van der Waals surface area contributed by atoms with Gasteiger partial charge in [0.1, 0.15) is 11.5 Å². The van der Waals surface area contributed by atoms with Gasteiger partial charge in [-0.3, -0.25) is 19.7 Å². The van der Waals surface area contributed by atoms with Gasteiger partial charge in [-0.05, 0) is 37.3 Å². The number of nitro groups is 1. The molecule has 9 nitrogen and oxygen atoms in total. The predicted molar refractivity (Wildman–Crippen MR) is 136 cm³/mol. The maximum absolute atomic E-state index is 12.8. The highest BCUT2D eigenvalue weighted by Crippen LogP contribution is 2.36. The van der Waals surface area contributed by atoms with Gasteiger partial charge in [0.25, 0.3) is 11.6 Å². The number of benzene rings is 3. The van der Waals surface area contributed by atoms with E-state index in [0.717, 1.165) is 4.90 Å². The summed E-state index contributed by atoms with van der Waals surface area (Å²) in [4.78, 5) is 36.5. The summed E-state index contributed by atoms with van der Waals surface area (Å²) in [5.41, 5.74) is 0.894. The number of carbonyl (C=O) groups is 2. The number of hydrogen-bond donors (Lipinski definition) is 2. The summed E-state index contributed by atoms with van der Waals surface area (Å²) >= 11 is 7.46. The third-order valence-electron chi connectivity index (χ3n) is 4.82. The third kappa shape index (κ3) is 6.65. The Balaban J connectivity index is 1.67. The van der Waals surface area contributed by atoms with Crippen molar-refractivity contribution in [1.82, 2.24) is 0 Å². The van der Waals surface area contributed by atoms with E-state index in [1.54, 1.807) is 37.3 Å². The number of ether oxygens (including phenoxy) is 2. The lowest BCUT2D eigenvalue weighted by molar-refractivity contribution is -0.384. The van der Waals surface area contributed by atoms with E-state index in [1.165, 1.54) is 50.2 Å². The van der Waals surface area contributed by atoms with Crippen molar-refractivity contribution in [2.24, 2.45) is 0 Å². The standard InChI is InChI=1S/C24H22ClN3O6S/c1-14(23(29)27-20-12-19(25)21(33-2)13-22(20)34-3)35-18-9-5-7-16(11-18)26-24(30)15-6-4-8-17(10-15)28(31)32/h4-14H,1-3H3,(H,26,30)(H,27,29). The van der Waals surface area contributed by atoms with E-state index in [9.17, 15) is 19.7 Å². The highest BCUT2D eigenvalue weighted by molar-refractivity contribution is 8.00. The molecule has 3 aromatic rings. The van der Waals surface area contributed by atoms with Crippen LogP contribution in [0.5, 0.6) is 11.5 Å². The van der Waals surface area contributed by atoms with Gasteiger partial charge in [-0.25, -0.2) is 0 Å². The van der Waals surface area contributed by atoms with E-state index in [1.807, 2.05) is 6.07 Å². The summed E-state index contributed by atoms with van der Waals surface area (Å²) in [5.74, 6) is 0.0706. The lowest BCUT2D eigenvalue weighted by Crippen LogP contribution is -2.22. The Labute approximate surface area is 210 Å². The molecule has 0 aliphatic carbocycles. The SMILES string of the molecule is COc1cc(OC)c(NC(=O)C(C)Sc2cccc(NC(=O)c3cccc([N+](=O)[O-])c3)c2)cc1Cl.